The quantitative estimate of drug-likeness (QED) is 0.471. The second-order valence-electron chi connectivity index (χ2n) is 5.25. The van der Waals surface area contributed by atoms with Gasteiger partial charge in [0, 0.05) is 5.02 Å². The highest BCUT2D eigenvalue weighted by Crippen LogP contribution is 2.27. The number of hydrazine groups is 1. The number of hydrogen-bond acceptors (Lipinski definition) is 5. The van der Waals surface area contributed by atoms with Crippen molar-refractivity contribution in [1.29, 1.82) is 0 Å². The fourth-order valence-corrected chi connectivity index (χ4v) is 2.64. The Labute approximate surface area is 177 Å². The summed E-state index contributed by atoms with van der Waals surface area (Å²) in [5.41, 5.74) is 5.05. The first-order valence-electron chi connectivity index (χ1n) is 8.10. The lowest BCUT2D eigenvalue weighted by Crippen LogP contribution is -2.49. The molecule has 7 nitrogen and oxygen atoms in total. The van der Waals surface area contributed by atoms with Gasteiger partial charge in [-0.15, -0.1) is 0 Å². The molecule has 0 aromatic heterocycles. The van der Waals surface area contributed by atoms with Gasteiger partial charge in [0.15, 0.2) is 11.7 Å². The van der Waals surface area contributed by atoms with Crippen molar-refractivity contribution in [2.45, 2.75) is 6.92 Å². The molecule has 2 amide bonds. The molecule has 148 valence electrons. The molecular weight excluding hydrogens is 425 g/mol. The molecule has 0 fully saturated rings. The third-order valence-corrected chi connectivity index (χ3v) is 3.96. The van der Waals surface area contributed by atoms with E-state index in [0.717, 1.165) is 0 Å². The third-order valence-electron chi connectivity index (χ3n) is 3.23. The Morgan fingerprint density at radius 3 is 2.50 bits per heavy atom. The van der Waals surface area contributed by atoms with E-state index in [4.69, 9.17) is 44.9 Å². The highest BCUT2D eigenvalue weighted by molar-refractivity contribution is 7.80. The van der Waals surface area contributed by atoms with Crippen LogP contribution in [0.3, 0.4) is 0 Å². The van der Waals surface area contributed by atoms with Gasteiger partial charge in [0.2, 0.25) is 0 Å². The van der Waals surface area contributed by atoms with Crippen LogP contribution >= 0.6 is 35.4 Å². The SMILES string of the molecule is CCOc1ccccc1C(=O)NC(=S)NNC(=O)COc1ccc(Cl)cc1Cl. The molecular formula is C18H17Cl2N3O4S. The van der Waals surface area contributed by atoms with Gasteiger partial charge in [-0.05, 0) is 49.5 Å². The van der Waals surface area contributed by atoms with Gasteiger partial charge in [-0.2, -0.15) is 0 Å². The Hall–Kier alpha value is -2.55. The summed E-state index contributed by atoms with van der Waals surface area (Å²) < 4.78 is 10.7. The molecule has 2 aromatic rings. The van der Waals surface area contributed by atoms with Crippen molar-refractivity contribution >= 4 is 52.3 Å². The van der Waals surface area contributed by atoms with Crippen LogP contribution in [-0.4, -0.2) is 30.1 Å². The van der Waals surface area contributed by atoms with E-state index in [1.807, 2.05) is 6.92 Å². The van der Waals surface area contributed by atoms with E-state index in [1.54, 1.807) is 36.4 Å². The standard InChI is InChI=1S/C18H17Cl2N3O4S/c1-2-26-14-6-4-3-5-12(14)17(25)21-18(28)23-22-16(24)10-27-15-8-7-11(19)9-13(15)20/h3-9H,2,10H2,1H3,(H,22,24)(H2,21,23,25,28). The second kappa shape index (κ2) is 10.7. The number of rotatable bonds is 6. The second-order valence-corrected chi connectivity index (χ2v) is 6.50. The Bertz CT molecular complexity index is 880. The Morgan fingerprint density at radius 1 is 1.04 bits per heavy atom. The molecule has 10 heteroatoms. The molecule has 0 saturated heterocycles. The molecule has 0 spiro atoms. The van der Waals surface area contributed by atoms with Crippen molar-refractivity contribution in [3.05, 3.63) is 58.1 Å². The van der Waals surface area contributed by atoms with E-state index in [-0.39, 0.29) is 16.7 Å². The monoisotopic (exact) mass is 441 g/mol. The average molecular weight is 442 g/mol. The summed E-state index contributed by atoms with van der Waals surface area (Å²) in [6, 6.07) is 11.4. The van der Waals surface area contributed by atoms with E-state index in [2.05, 4.69) is 16.2 Å². The highest BCUT2D eigenvalue weighted by Gasteiger charge is 2.14. The molecule has 2 rings (SSSR count). The molecule has 2 aromatic carbocycles. The van der Waals surface area contributed by atoms with Gasteiger partial charge in [0.25, 0.3) is 11.8 Å². The predicted octanol–water partition coefficient (Wildman–Crippen LogP) is 3.11. The van der Waals surface area contributed by atoms with Gasteiger partial charge in [-0.25, -0.2) is 0 Å². The van der Waals surface area contributed by atoms with Crippen molar-refractivity contribution in [2.75, 3.05) is 13.2 Å². The lowest BCUT2D eigenvalue weighted by molar-refractivity contribution is -0.123. The van der Waals surface area contributed by atoms with Gasteiger partial charge in [-0.3, -0.25) is 25.8 Å². The van der Waals surface area contributed by atoms with Crippen LogP contribution in [0.5, 0.6) is 11.5 Å². The summed E-state index contributed by atoms with van der Waals surface area (Å²) in [7, 11) is 0. The van der Waals surface area contributed by atoms with E-state index < -0.39 is 11.8 Å². The van der Waals surface area contributed by atoms with Gasteiger partial charge in [-0.1, -0.05) is 35.3 Å². The van der Waals surface area contributed by atoms with Crippen LogP contribution in [0.2, 0.25) is 10.0 Å². The summed E-state index contributed by atoms with van der Waals surface area (Å²) >= 11 is 16.7. The Balaban J connectivity index is 1.80. The van der Waals surface area contributed by atoms with Crippen molar-refractivity contribution in [1.82, 2.24) is 16.2 Å². The molecule has 0 aliphatic carbocycles. The van der Waals surface area contributed by atoms with E-state index in [0.29, 0.717) is 28.7 Å². The zero-order valence-electron chi connectivity index (χ0n) is 14.8. The van der Waals surface area contributed by atoms with Gasteiger partial charge in [0.05, 0.1) is 17.2 Å². The van der Waals surface area contributed by atoms with Crippen LogP contribution < -0.4 is 25.6 Å². The maximum Gasteiger partial charge on any atom is 0.276 e. The third kappa shape index (κ3) is 6.56. The number of benzene rings is 2. The summed E-state index contributed by atoms with van der Waals surface area (Å²) in [4.78, 5) is 24.1. The largest absolute Gasteiger partial charge is 0.493 e. The van der Waals surface area contributed by atoms with E-state index in [1.165, 1.54) is 6.07 Å². The van der Waals surface area contributed by atoms with Crippen molar-refractivity contribution in [3.8, 4) is 11.5 Å². The van der Waals surface area contributed by atoms with Crippen LogP contribution in [-0.2, 0) is 4.79 Å². The first-order valence-corrected chi connectivity index (χ1v) is 9.27. The number of carbonyl (C=O) groups is 2. The van der Waals surface area contributed by atoms with Gasteiger partial charge >= 0.3 is 0 Å². The normalized spacial score (nSPS) is 9.96. The number of carbonyl (C=O) groups excluding carboxylic acids is 2. The fraction of sp³-hybridized carbons (Fsp3) is 0.167. The highest BCUT2D eigenvalue weighted by atomic mass is 35.5. The minimum Gasteiger partial charge on any atom is -0.493 e. The number of amides is 2. The van der Waals surface area contributed by atoms with Crippen LogP contribution in [0.15, 0.2) is 42.5 Å². The summed E-state index contributed by atoms with van der Waals surface area (Å²) in [5, 5.41) is 3.10. The molecule has 28 heavy (non-hydrogen) atoms. The van der Waals surface area contributed by atoms with E-state index >= 15 is 0 Å². The van der Waals surface area contributed by atoms with Crippen LogP contribution in [0.4, 0.5) is 0 Å². The zero-order valence-corrected chi connectivity index (χ0v) is 17.1. The van der Waals surface area contributed by atoms with Crippen molar-refractivity contribution in [2.24, 2.45) is 0 Å². The number of nitrogens with one attached hydrogen (secondary N) is 3. The van der Waals surface area contributed by atoms with Crippen LogP contribution in [0, 0.1) is 0 Å². The number of para-hydroxylation sites is 1. The van der Waals surface area contributed by atoms with Crippen LogP contribution in [0.1, 0.15) is 17.3 Å². The maximum absolute atomic E-state index is 12.3. The molecule has 0 radical (unpaired) electrons. The summed E-state index contributed by atoms with van der Waals surface area (Å²) in [6.45, 7) is 1.91. The number of halogens is 2. The Morgan fingerprint density at radius 2 is 1.79 bits per heavy atom. The lowest BCUT2D eigenvalue weighted by Gasteiger charge is -2.13. The maximum atomic E-state index is 12.3. The number of thiocarbonyl (C=S) groups is 1. The fourth-order valence-electron chi connectivity index (χ4n) is 2.04. The smallest absolute Gasteiger partial charge is 0.276 e. The van der Waals surface area contributed by atoms with Crippen LogP contribution in [0.25, 0.3) is 0 Å². The summed E-state index contributed by atoms with van der Waals surface area (Å²) in [6.07, 6.45) is 0. The summed E-state index contributed by atoms with van der Waals surface area (Å²) in [5.74, 6) is -0.260. The van der Waals surface area contributed by atoms with Gasteiger partial charge < -0.3 is 9.47 Å². The lowest BCUT2D eigenvalue weighted by atomic mass is 10.2. The minimum absolute atomic E-state index is 0.0887. The molecule has 0 aliphatic heterocycles. The first kappa shape index (κ1) is 21.7. The molecule has 0 unspecified atom stereocenters. The van der Waals surface area contributed by atoms with Crippen molar-refractivity contribution in [3.63, 3.8) is 0 Å². The molecule has 0 bridgehead atoms. The predicted molar refractivity (Wildman–Crippen MR) is 111 cm³/mol. The van der Waals surface area contributed by atoms with Gasteiger partial charge in [0.1, 0.15) is 11.5 Å². The Kier molecular flexibility index (Phi) is 8.31. The first-order chi connectivity index (χ1) is 13.4. The molecule has 0 atom stereocenters. The molecule has 0 aliphatic rings. The minimum atomic E-state index is -0.530. The molecule has 0 heterocycles. The topological polar surface area (TPSA) is 88.7 Å². The van der Waals surface area contributed by atoms with Crippen molar-refractivity contribution < 1.29 is 19.1 Å². The average Bonchev–Trinajstić information content (AvgIpc) is 2.66. The molecule has 3 N–H and O–H groups in total. The number of ether oxygens (including phenoxy) is 2. The zero-order chi connectivity index (χ0) is 20.5. The molecule has 0 saturated carbocycles. The number of hydrogen-bond donors (Lipinski definition) is 3. The van der Waals surface area contributed by atoms with E-state index in [9.17, 15) is 9.59 Å².